The molecule has 1 aliphatic rings. The van der Waals surface area contributed by atoms with E-state index in [1.165, 1.54) is 0 Å². The predicted octanol–water partition coefficient (Wildman–Crippen LogP) is 3.32. The number of carbonyl (C=O) groups excluding carboxylic acids is 2. The third-order valence-corrected chi connectivity index (χ3v) is 7.72. The van der Waals surface area contributed by atoms with Gasteiger partial charge in [-0.25, -0.2) is 9.79 Å². The van der Waals surface area contributed by atoms with Gasteiger partial charge in [-0.15, -0.1) is 11.8 Å². The van der Waals surface area contributed by atoms with E-state index in [0.717, 1.165) is 22.2 Å². The van der Waals surface area contributed by atoms with Gasteiger partial charge in [0.15, 0.2) is 5.17 Å². The highest BCUT2D eigenvalue weighted by Gasteiger charge is 2.34. The van der Waals surface area contributed by atoms with E-state index in [0.29, 0.717) is 11.3 Å². The zero-order valence-electron chi connectivity index (χ0n) is 20.9. The van der Waals surface area contributed by atoms with Gasteiger partial charge in [0.1, 0.15) is 16.9 Å². The fourth-order valence-electron chi connectivity index (χ4n) is 3.91. The fourth-order valence-corrected chi connectivity index (χ4v) is 5.36. The van der Waals surface area contributed by atoms with Crippen LogP contribution in [0.25, 0.3) is 0 Å². The predicted molar refractivity (Wildman–Crippen MR) is 150 cm³/mol. The third kappa shape index (κ3) is 6.37. The molecule has 0 bridgehead atoms. The number of hydrogen-bond donors (Lipinski definition) is 5. The third-order valence-electron chi connectivity index (χ3n) is 5.90. The summed E-state index contributed by atoms with van der Waals surface area (Å²) in [6.45, 7) is 4.09. The van der Waals surface area contributed by atoms with Crippen molar-refractivity contribution in [1.29, 1.82) is 0 Å². The summed E-state index contributed by atoms with van der Waals surface area (Å²) in [5.41, 5.74) is 0.453. The average Bonchev–Trinajstić information content (AvgIpc) is 3.21. The Morgan fingerprint density at radius 2 is 1.82 bits per heavy atom. The van der Waals surface area contributed by atoms with E-state index in [1.54, 1.807) is 30.0 Å². The summed E-state index contributed by atoms with van der Waals surface area (Å²) >= 11 is 2.62. The number of nitrogens with zero attached hydrogens (tertiary/aromatic N) is 1. The van der Waals surface area contributed by atoms with Gasteiger partial charge >= 0.3 is 5.69 Å². The van der Waals surface area contributed by atoms with Crippen molar-refractivity contribution < 1.29 is 14.7 Å². The minimum Gasteiger partial charge on any atom is -0.494 e. The molecule has 4 rings (SSSR count). The van der Waals surface area contributed by atoms with E-state index in [-0.39, 0.29) is 29.0 Å². The van der Waals surface area contributed by atoms with Crippen molar-refractivity contribution in [1.82, 2.24) is 15.3 Å². The van der Waals surface area contributed by atoms with Crippen LogP contribution in [0.3, 0.4) is 0 Å². The van der Waals surface area contributed by atoms with E-state index >= 15 is 0 Å². The lowest BCUT2D eigenvalue weighted by molar-refractivity contribution is -0.122. The van der Waals surface area contributed by atoms with E-state index in [1.807, 2.05) is 50.4 Å². The molecule has 2 aromatic carbocycles. The molecule has 0 aliphatic carbocycles. The number of hydrogen-bond acceptors (Lipinski definition) is 8. The largest absolute Gasteiger partial charge is 0.494 e. The second-order valence-corrected chi connectivity index (χ2v) is 11.0. The first-order chi connectivity index (χ1) is 18.1. The Labute approximate surface area is 226 Å². The number of carbonyl (C=O) groups is 2. The normalized spacial score (nSPS) is 17.0. The zero-order chi connectivity index (χ0) is 27.4. The van der Waals surface area contributed by atoms with Crippen LogP contribution < -0.4 is 21.9 Å². The number of benzene rings is 2. The van der Waals surface area contributed by atoms with Gasteiger partial charge in [0.05, 0.1) is 0 Å². The molecule has 5 N–H and O–H groups in total. The van der Waals surface area contributed by atoms with Gasteiger partial charge in [0, 0.05) is 17.0 Å². The summed E-state index contributed by atoms with van der Waals surface area (Å²) in [5, 5.41) is 15.4. The highest BCUT2D eigenvalue weighted by Crippen LogP contribution is 2.32. The summed E-state index contributed by atoms with van der Waals surface area (Å²) in [6, 6.07) is 13.7. The van der Waals surface area contributed by atoms with Gasteiger partial charge in [0.2, 0.25) is 17.7 Å². The smallest absolute Gasteiger partial charge is 0.328 e. The first-order valence-corrected chi connectivity index (χ1v) is 13.9. The second kappa shape index (κ2) is 11.7. The Hall–Kier alpha value is -3.77. The molecule has 3 aromatic rings. The number of H-pyrrole nitrogens is 2. The molecule has 1 aromatic heterocycles. The fraction of sp³-hybridized carbons (Fsp3) is 0.269. The summed E-state index contributed by atoms with van der Waals surface area (Å²) in [6.07, 6.45) is 1.85. The number of aliphatic imine (C=N–C) groups is 1. The Balaban J connectivity index is 1.59. The molecule has 10 nitrogen and oxygen atoms in total. The summed E-state index contributed by atoms with van der Waals surface area (Å²) < 4.78 is 0. The number of amidine groups is 1. The average molecular weight is 554 g/mol. The molecular formula is C26H27N5O5S2. The first kappa shape index (κ1) is 27.3. The zero-order valence-corrected chi connectivity index (χ0v) is 22.5. The van der Waals surface area contributed by atoms with Crippen molar-refractivity contribution in [2.75, 3.05) is 11.6 Å². The van der Waals surface area contributed by atoms with Crippen molar-refractivity contribution in [2.24, 2.45) is 4.99 Å². The van der Waals surface area contributed by atoms with Gasteiger partial charge in [-0.1, -0.05) is 55.9 Å². The molecule has 1 aliphatic heterocycles. The van der Waals surface area contributed by atoms with Crippen LogP contribution in [-0.2, 0) is 9.59 Å². The topological polar surface area (TPSA) is 157 Å². The number of aromatic nitrogens is 2. The highest BCUT2D eigenvalue weighted by molar-refractivity contribution is 8.15. The molecule has 38 heavy (non-hydrogen) atoms. The molecule has 2 atom stereocenters. The number of nitrogens with one attached hydrogen (secondary N) is 4. The number of amides is 2. The van der Waals surface area contributed by atoms with Crippen LogP contribution in [0.5, 0.6) is 5.88 Å². The highest BCUT2D eigenvalue weighted by atomic mass is 32.2. The molecule has 12 heteroatoms. The molecule has 1 fully saturated rings. The van der Waals surface area contributed by atoms with Crippen LogP contribution in [0.4, 0.5) is 5.69 Å². The van der Waals surface area contributed by atoms with Crippen molar-refractivity contribution in [3.8, 4) is 5.88 Å². The van der Waals surface area contributed by atoms with Gasteiger partial charge in [-0.05, 0) is 41.5 Å². The monoisotopic (exact) mass is 553 g/mol. The molecule has 0 unspecified atom stereocenters. The lowest BCUT2D eigenvalue weighted by atomic mass is 9.96. The van der Waals surface area contributed by atoms with Crippen LogP contribution in [-0.4, -0.2) is 43.6 Å². The second-order valence-electron chi connectivity index (χ2n) is 8.91. The summed E-state index contributed by atoms with van der Waals surface area (Å²) in [4.78, 5) is 59.5. The molecule has 2 heterocycles. The van der Waals surface area contributed by atoms with Gasteiger partial charge in [-0.3, -0.25) is 24.4 Å². The molecule has 1 saturated heterocycles. The van der Waals surface area contributed by atoms with E-state index in [4.69, 9.17) is 0 Å². The maximum Gasteiger partial charge on any atom is 0.328 e. The van der Waals surface area contributed by atoms with Crippen molar-refractivity contribution in [3.63, 3.8) is 0 Å². The van der Waals surface area contributed by atoms with Gasteiger partial charge < -0.3 is 15.7 Å². The van der Waals surface area contributed by atoms with E-state index in [2.05, 4.69) is 25.6 Å². The number of rotatable bonds is 8. The van der Waals surface area contributed by atoms with Crippen molar-refractivity contribution in [2.45, 2.75) is 42.4 Å². The van der Waals surface area contributed by atoms with Crippen LogP contribution in [0.2, 0.25) is 0 Å². The van der Waals surface area contributed by atoms with Crippen molar-refractivity contribution >= 4 is 46.2 Å². The Morgan fingerprint density at radius 1 is 1.11 bits per heavy atom. The van der Waals surface area contributed by atoms with Crippen LogP contribution >= 0.6 is 23.5 Å². The molecule has 0 radical (unpaired) electrons. The molecule has 198 valence electrons. The number of aromatic hydroxyl groups is 1. The number of aromatic amines is 2. The first-order valence-electron chi connectivity index (χ1n) is 11.8. The molecule has 2 amide bonds. The van der Waals surface area contributed by atoms with Crippen LogP contribution in [0.15, 0.2) is 68.0 Å². The standard InChI is InChI=1S/C26H27N5O5S2/c1-13(2)14-7-9-15(10-8-14)21(20-23(34)29-25(36)30-24(20)35)28-26-31-22(33)18(38-26)12-19(32)27-16-5-4-6-17(11-16)37-3/h4-11,13,18,21H,12H2,1-3H3,(H,27,32)(H,28,31,33)(H3,29,30,34,35,36)/t18-,21-/m0/s1. The maximum absolute atomic E-state index is 12.7. The summed E-state index contributed by atoms with van der Waals surface area (Å²) in [5.74, 6) is -1.06. The van der Waals surface area contributed by atoms with E-state index < -0.39 is 34.3 Å². The maximum atomic E-state index is 12.7. The number of anilines is 1. The minimum atomic E-state index is -1.03. The molecule has 0 saturated carbocycles. The molecule has 0 spiro atoms. The summed E-state index contributed by atoms with van der Waals surface area (Å²) in [7, 11) is 0. The lowest BCUT2D eigenvalue weighted by Crippen LogP contribution is -2.29. The Kier molecular flexibility index (Phi) is 8.42. The van der Waals surface area contributed by atoms with Crippen LogP contribution in [0.1, 0.15) is 48.9 Å². The van der Waals surface area contributed by atoms with E-state index in [9.17, 15) is 24.3 Å². The molecular weight excluding hydrogens is 526 g/mol. The van der Waals surface area contributed by atoms with Crippen molar-refractivity contribution in [3.05, 3.63) is 86.1 Å². The minimum absolute atomic E-state index is 0.0861. The van der Waals surface area contributed by atoms with Crippen LogP contribution in [0, 0.1) is 0 Å². The van der Waals surface area contributed by atoms with Gasteiger partial charge in [0.25, 0.3) is 5.56 Å². The Bertz CT molecular complexity index is 1500. The number of thioether (sulfide) groups is 2. The Morgan fingerprint density at radius 3 is 2.47 bits per heavy atom. The SMILES string of the molecule is CSc1cccc(NC(=O)C[C@@H]2SC(=N[C@@H](c3ccc(C(C)C)cc3)c3c(O)[nH]c(=O)[nH]c3=O)NC2=O)c1. The quantitative estimate of drug-likeness (QED) is 0.268. The lowest BCUT2D eigenvalue weighted by Gasteiger charge is -2.15. The van der Waals surface area contributed by atoms with Gasteiger partial charge in [-0.2, -0.15) is 0 Å².